The fourth-order valence-corrected chi connectivity index (χ4v) is 4.98. The van der Waals surface area contributed by atoms with Crippen LogP contribution in [0.25, 0.3) is 11.0 Å². The zero-order chi connectivity index (χ0) is 18.5. The summed E-state index contributed by atoms with van der Waals surface area (Å²) in [6, 6.07) is 1.95. The lowest BCUT2D eigenvalue weighted by molar-refractivity contribution is 0.0935. The van der Waals surface area contributed by atoms with Gasteiger partial charge >= 0.3 is 0 Å². The van der Waals surface area contributed by atoms with Crippen LogP contribution in [0.1, 0.15) is 67.5 Å². The van der Waals surface area contributed by atoms with Gasteiger partial charge in [0.2, 0.25) is 0 Å². The van der Waals surface area contributed by atoms with Crippen molar-refractivity contribution in [2.75, 3.05) is 11.5 Å². The van der Waals surface area contributed by atoms with Crippen molar-refractivity contribution in [3.05, 3.63) is 23.5 Å². The average molecular weight is 376 g/mol. The van der Waals surface area contributed by atoms with Gasteiger partial charge in [0.15, 0.2) is 5.65 Å². The zero-order valence-corrected chi connectivity index (χ0v) is 15.9. The van der Waals surface area contributed by atoms with Crippen LogP contribution in [0, 0.1) is 0 Å². The fourth-order valence-electron chi connectivity index (χ4n) is 3.49. The lowest BCUT2D eigenvalue weighted by Crippen LogP contribution is -2.40. The fraction of sp³-hybridized carbons (Fsp3) is 0.611. The molecule has 26 heavy (non-hydrogen) atoms. The molecule has 1 saturated carbocycles. The number of nitrogens with zero attached hydrogens (tertiary/aromatic N) is 3. The summed E-state index contributed by atoms with van der Waals surface area (Å²) in [5, 5.41) is 8.20. The van der Waals surface area contributed by atoms with Crippen LogP contribution in [0.2, 0.25) is 0 Å². The first kappa shape index (κ1) is 17.5. The molecule has 2 fully saturated rings. The van der Waals surface area contributed by atoms with Gasteiger partial charge < -0.3 is 5.32 Å². The highest BCUT2D eigenvalue weighted by Crippen LogP contribution is 2.40. The smallest absolute Gasteiger partial charge is 0.252 e. The molecule has 2 aromatic heterocycles. The van der Waals surface area contributed by atoms with Crippen LogP contribution in [0.4, 0.5) is 0 Å². The van der Waals surface area contributed by atoms with E-state index in [9.17, 15) is 13.2 Å². The van der Waals surface area contributed by atoms with Crippen LogP contribution in [-0.2, 0) is 9.84 Å². The summed E-state index contributed by atoms with van der Waals surface area (Å²) in [6.07, 6.45) is 4.87. The van der Waals surface area contributed by atoms with Gasteiger partial charge in [0.1, 0.15) is 9.84 Å². The van der Waals surface area contributed by atoms with E-state index in [2.05, 4.69) is 10.4 Å². The Morgan fingerprint density at radius 1 is 1.23 bits per heavy atom. The molecule has 0 aromatic carbocycles. The predicted molar refractivity (Wildman–Crippen MR) is 99.0 cm³/mol. The molecule has 8 heteroatoms. The second-order valence-corrected chi connectivity index (χ2v) is 9.99. The summed E-state index contributed by atoms with van der Waals surface area (Å²) in [5.74, 6) is 0.554. The molecular formula is C18H24N4O3S. The highest BCUT2D eigenvalue weighted by atomic mass is 32.2. The number of amides is 1. The van der Waals surface area contributed by atoms with E-state index >= 15 is 0 Å². The molecule has 0 unspecified atom stereocenters. The number of carbonyl (C=O) groups excluding carboxylic acids is 1. The molecule has 1 saturated heterocycles. The molecule has 1 aliphatic heterocycles. The molecule has 7 nitrogen and oxygen atoms in total. The summed E-state index contributed by atoms with van der Waals surface area (Å²) >= 11 is 0. The zero-order valence-electron chi connectivity index (χ0n) is 15.1. The number of pyridine rings is 1. The van der Waals surface area contributed by atoms with Crippen molar-refractivity contribution in [1.82, 2.24) is 20.1 Å². The quantitative estimate of drug-likeness (QED) is 0.883. The second kappa shape index (κ2) is 6.33. The van der Waals surface area contributed by atoms with Crippen molar-refractivity contribution in [2.24, 2.45) is 0 Å². The van der Waals surface area contributed by atoms with E-state index in [-0.39, 0.29) is 29.5 Å². The summed E-state index contributed by atoms with van der Waals surface area (Å²) in [5.41, 5.74) is 2.30. The molecule has 4 rings (SSSR count). The van der Waals surface area contributed by atoms with Gasteiger partial charge in [-0.05, 0) is 45.6 Å². The monoisotopic (exact) mass is 376 g/mol. The maximum absolute atomic E-state index is 12.9. The highest BCUT2D eigenvalue weighted by Gasteiger charge is 2.30. The van der Waals surface area contributed by atoms with Crippen molar-refractivity contribution in [2.45, 2.75) is 57.5 Å². The number of fused-ring (bicyclic) bond motifs is 1. The maximum atomic E-state index is 12.9. The Kier molecular flexibility index (Phi) is 4.25. The van der Waals surface area contributed by atoms with Crippen LogP contribution < -0.4 is 5.32 Å². The number of aromatic nitrogens is 3. The minimum Gasteiger partial charge on any atom is -0.349 e. The predicted octanol–water partition coefficient (Wildman–Crippen LogP) is 2.20. The van der Waals surface area contributed by atoms with Gasteiger partial charge in [-0.2, -0.15) is 5.10 Å². The minimum absolute atomic E-state index is 0.0984. The average Bonchev–Trinajstić information content (AvgIpc) is 3.34. The first-order valence-corrected chi connectivity index (χ1v) is 11.1. The molecule has 0 spiro atoms. The first-order valence-electron chi connectivity index (χ1n) is 9.23. The van der Waals surface area contributed by atoms with Gasteiger partial charge in [0, 0.05) is 23.7 Å². The van der Waals surface area contributed by atoms with Crippen molar-refractivity contribution in [1.29, 1.82) is 0 Å². The Labute approximate surface area is 153 Å². The van der Waals surface area contributed by atoms with Gasteiger partial charge in [0.05, 0.1) is 28.7 Å². The maximum Gasteiger partial charge on any atom is 0.252 e. The Bertz CT molecular complexity index is 946. The molecule has 2 aromatic rings. The van der Waals surface area contributed by atoms with E-state index in [1.807, 2.05) is 24.6 Å². The molecule has 140 valence electrons. The molecule has 1 N–H and O–H groups in total. The first-order chi connectivity index (χ1) is 12.3. The van der Waals surface area contributed by atoms with Crippen LogP contribution in [-0.4, -0.2) is 46.6 Å². The molecule has 3 heterocycles. The summed E-state index contributed by atoms with van der Waals surface area (Å²) in [6.45, 7) is 4.08. The van der Waals surface area contributed by atoms with Gasteiger partial charge in [-0.15, -0.1) is 0 Å². The lowest BCUT2D eigenvalue weighted by atomic mass is 10.1. The van der Waals surface area contributed by atoms with Crippen LogP contribution in [0.15, 0.2) is 12.3 Å². The van der Waals surface area contributed by atoms with Crippen molar-refractivity contribution in [3.8, 4) is 0 Å². The number of nitrogens with one attached hydrogen (secondary N) is 1. The molecule has 1 amide bonds. The molecule has 0 atom stereocenters. The van der Waals surface area contributed by atoms with Crippen molar-refractivity contribution in [3.63, 3.8) is 0 Å². The number of sulfone groups is 1. The van der Waals surface area contributed by atoms with E-state index in [1.54, 1.807) is 6.20 Å². The van der Waals surface area contributed by atoms with Gasteiger partial charge in [0.25, 0.3) is 5.91 Å². The number of hydrogen-bond donors (Lipinski definition) is 1. The summed E-state index contributed by atoms with van der Waals surface area (Å²) in [4.78, 5) is 17.7. The third-order valence-corrected chi connectivity index (χ3v) is 6.92. The highest BCUT2D eigenvalue weighted by molar-refractivity contribution is 7.91. The lowest BCUT2D eigenvalue weighted by Gasteiger charge is -2.23. The normalized spacial score (nSPS) is 20.6. The van der Waals surface area contributed by atoms with E-state index in [4.69, 9.17) is 4.98 Å². The number of rotatable bonds is 4. The van der Waals surface area contributed by atoms with E-state index < -0.39 is 9.84 Å². The third-order valence-electron chi connectivity index (χ3n) is 5.21. The number of carbonyl (C=O) groups is 1. The van der Waals surface area contributed by atoms with Crippen LogP contribution >= 0.6 is 0 Å². The van der Waals surface area contributed by atoms with Crippen LogP contribution in [0.3, 0.4) is 0 Å². The summed E-state index contributed by atoms with van der Waals surface area (Å²) in [7, 11) is -2.94. The Morgan fingerprint density at radius 3 is 2.54 bits per heavy atom. The SMILES string of the molecule is CC(C)n1ncc2c(C(=O)NC3CCS(=O)(=O)CC3)cc(C3CC3)nc21. The second-order valence-electron chi connectivity index (χ2n) is 7.69. The third kappa shape index (κ3) is 3.34. The summed E-state index contributed by atoms with van der Waals surface area (Å²) < 4.78 is 25.0. The standard InChI is InChI=1S/C18H24N4O3S/c1-11(2)22-17-15(10-19-22)14(9-16(21-17)12-3-4-12)18(23)20-13-5-7-26(24,25)8-6-13/h9-13H,3-8H2,1-2H3,(H,20,23). The Balaban J connectivity index is 1.65. The van der Waals surface area contributed by atoms with Crippen molar-refractivity contribution >= 4 is 26.8 Å². The number of hydrogen-bond acceptors (Lipinski definition) is 5. The Hall–Kier alpha value is -1.96. The van der Waals surface area contributed by atoms with Crippen LogP contribution in [0.5, 0.6) is 0 Å². The molecule has 2 aliphatic rings. The topological polar surface area (TPSA) is 94.0 Å². The van der Waals surface area contributed by atoms with Gasteiger partial charge in [-0.1, -0.05) is 0 Å². The molecular weight excluding hydrogens is 352 g/mol. The van der Waals surface area contributed by atoms with E-state index in [1.165, 1.54) is 0 Å². The van der Waals surface area contributed by atoms with Crippen molar-refractivity contribution < 1.29 is 13.2 Å². The van der Waals surface area contributed by atoms with Gasteiger partial charge in [-0.3, -0.25) is 4.79 Å². The molecule has 1 aliphatic carbocycles. The molecule has 0 bridgehead atoms. The largest absolute Gasteiger partial charge is 0.349 e. The molecule has 0 radical (unpaired) electrons. The Morgan fingerprint density at radius 2 is 1.92 bits per heavy atom. The van der Waals surface area contributed by atoms with Gasteiger partial charge in [-0.25, -0.2) is 18.1 Å². The van der Waals surface area contributed by atoms with E-state index in [0.29, 0.717) is 24.3 Å². The van der Waals surface area contributed by atoms with E-state index in [0.717, 1.165) is 29.6 Å². The minimum atomic E-state index is -2.94.